The van der Waals surface area contributed by atoms with Gasteiger partial charge >= 0.3 is 0 Å². The number of nitrogens with one attached hydrogen (secondary N) is 2. The third-order valence-electron chi connectivity index (χ3n) is 7.33. The first-order valence-corrected chi connectivity index (χ1v) is 10.6. The Balaban J connectivity index is 1.25. The van der Waals surface area contributed by atoms with Crippen LogP contribution in [0.25, 0.3) is 0 Å². The number of amides is 4. The number of halogens is 1. The van der Waals surface area contributed by atoms with E-state index in [-0.39, 0.29) is 54.8 Å². The maximum atomic E-state index is 15.1. The largest absolute Gasteiger partial charge is 0.352 e. The minimum atomic E-state index is -0.775. The van der Waals surface area contributed by atoms with Crippen molar-refractivity contribution in [2.45, 2.75) is 64.1 Å². The van der Waals surface area contributed by atoms with Crippen molar-refractivity contribution in [3.8, 4) is 0 Å². The van der Waals surface area contributed by atoms with Gasteiger partial charge in [0.25, 0.3) is 5.91 Å². The molecule has 2 aliphatic heterocycles. The van der Waals surface area contributed by atoms with Crippen LogP contribution in [-0.4, -0.2) is 34.6 Å². The van der Waals surface area contributed by atoms with Gasteiger partial charge in [-0.25, -0.2) is 4.39 Å². The van der Waals surface area contributed by atoms with E-state index in [1.165, 1.54) is 30.2 Å². The maximum Gasteiger partial charge on any atom is 0.255 e. The normalized spacial score (nSPS) is 24.9. The standard InChI is InChI=1S/C22H24FN3O4/c23-18-12(10-24-19(28)13-8-22(9-13)6-1-7-22)2-3-14-15(18)11-26(21(14)30)16-4-5-17(27)25-20(16)29/h2-3,13,16H,1,4-11H2,(H,24,28)(H,25,27,29). The molecule has 1 saturated heterocycles. The summed E-state index contributed by atoms with van der Waals surface area (Å²) < 4.78 is 15.1. The highest BCUT2D eigenvalue weighted by Gasteiger charge is 2.50. The summed E-state index contributed by atoms with van der Waals surface area (Å²) in [7, 11) is 0. The van der Waals surface area contributed by atoms with Crippen LogP contribution in [0.2, 0.25) is 0 Å². The second kappa shape index (κ2) is 6.89. The Morgan fingerprint density at radius 2 is 2.00 bits per heavy atom. The minimum absolute atomic E-state index is 0.0147. The Morgan fingerprint density at radius 1 is 1.23 bits per heavy atom. The van der Waals surface area contributed by atoms with Crippen LogP contribution in [0.3, 0.4) is 0 Å². The topological polar surface area (TPSA) is 95.6 Å². The monoisotopic (exact) mass is 413 g/mol. The lowest BCUT2D eigenvalue weighted by Gasteiger charge is -2.53. The van der Waals surface area contributed by atoms with Crippen molar-refractivity contribution in [2.24, 2.45) is 11.3 Å². The second-order valence-corrected chi connectivity index (χ2v) is 9.14. The maximum absolute atomic E-state index is 15.1. The number of rotatable bonds is 4. The van der Waals surface area contributed by atoms with Gasteiger partial charge in [-0.15, -0.1) is 0 Å². The van der Waals surface area contributed by atoms with E-state index in [4.69, 9.17) is 0 Å². The fourth-order valence-corrected chi connectivity index (χ4v) is 5.37. The first-order chi connectivity index (χ1) is 14.4. The van der Waals surface area contributed by atoms with E-state index in [9.17, 15) is 19.2 Å². The fraction of sp³-hybridized carbons (Fsp3) is 0.545. The van der Waals surface area contributed by atoms with Gasteiger partial charge in [-0.05, 0) is 43.6 Å². The quantitative estimate of drug-likeness (QED) is 0.736. The molecule has 1 spiro atoms. The van der Waals surface area contributed by atoms with E-state index >= 15 is 4.39 Å². The molecule has 30 heavy (non-hydrogen) atoms. The van der Waals surface area contributed by atoms with E-state index in [1.807, 2.05) is 0 Å². The molecule has 7 nitrogen and oxygen atoms in total. The van der Waals surface area contributed by atoms with Crippen molar-refractivity contribution in [1.82, 2.24) is 15.5 Å². The average Bonchev–Trinajstić information content (AvgIpc) is 2.96. The van der Waals surface area contributed by atoms with Gasteiger partial charge in [-0.3, -0.25) is 24.5 Å². The van der Waals surface area contributed by atoms with E-state index in [0.29, 0.717) is 11.0 Å². The van der Waals surface area contributed by atoms with Crippen LogP contribution in [0.4, 0.5) is 4.39 Å². The summed E-state index contributed by atoms with van der Waals surface area (Å²) in [4.78, 5) is 49.9. The molecule has 8 heteroatoms. The molecule has 2 heterocycles. The highest BCUT2D eigenvalue weighted by molar-refractivity contribution is 6.05. The molecule has 2 N–H and O–H groups in total. The molecular formula is C22H24FN3O4. The van der Waals surface area contributed by atoms with Gasteiger partial charge < -0.3 is 10.2 Å². The first-order valence-electron chi connectivity index (χ1n) is 10.6. The van der Waals surface area contributed by atoms with Crippen LogP contribution in [0, 0.1) is 17.2 Å². The summed E-state index contributed by atoms with van der Waals surface area (Å²) >= 11 is 0. The van der Waals surface area contributed by atoms with Crippen molar-refractivity contribution in [3.05, 3.63) is 34.6 Å². The van der Waals surface area contributed by atoms with E-state index in [2.05, 4.69) is 10.6 Å². The highest BCUT2D eigenvalue weighted by Crippen LogP contribution is 2.58. The Morgan fingerprint density at radius 3 is 2.67 bits per heavy atom. The van der Waals surface area contributed by atoms with Crippen molar-refractivity contribution in [3.63, 3.8) is 0 Å². The predicted molar refractivity (Wildman–Crippen MR) is 103 cm³/mol. The number of fused-ring (bicyclic) bond motifs is 1. The molecule has 1 aromatic rings. The summed E-state index contributed by atoms with van der Waals surface area (Å²) in [6.45, 7) is 0.0628. The summed E-state index contributed by atoms with van der Waals surface area (Å²) in [5.41, 5.74) is 1.21. The molecule has 4 amide bonds. The lowest BCUT2D eigenvalue weighted by Crippen LogP contribution is -2.52. The third-order valence-corrected chi connectivity index (χ3v) is 7.33. The SMILES string of the molecule is O=C1CCC(N2Cc3c(ccc(CNC(=O)C4CC5(CCC5)C4)c3F)C2=O)C(=O)N1. The Hall–Kier alpha value is -2.77. The Bertz CT molecular complexity index is 963. The van der Waals surface area contributed by atoms with Crippen LogP contribution >= 0.6 is 0 Å². The number of nitrogens with zero attached hydrogens (tertiary/aromatic N) is 1. The van der Waals surface area contributed by atoms with E-state index in [1.54, 1.807) is 6.07 Å². The highest BCUT2D eigenvalue weighted by atomic mass is 19.1. The zero-order chi connectivity index (χ0) is 21.0. The summed E-state index contributed by atoms with van der Waals surface area (Å²) in [5.74, 6) is -1.82. The van der Waals surface area contributed by atoms with E-state index in [0.717, 1.165) is 12.8 Å². The van der Waals surface area contributed by atoms with Crippen LogP contribution < -0.4 is 10.6 Å². The molecule has 5 rings (SSSR count). The fourth-order valence-electron chi connectivity index (χ4n) is 5.37. The van der Waals surface area contributed by atoms with Crippen LogP contribution in [0.1, 0.15) is 66.4 Å². The molecule has 1 unspecified atom stereocenters. The van der Waals surface area contributed by atoms with Crippen LogP contribution in [-0.2, 0) is 27.5 Å². The second-order valence-electron chi connectivity index (χ2n) is 9.14. The molecular weight excluding hydrogens is 389 g/mol. The van der Waals surface area contributed by atoms with Gasteiger partial charge in [0.1, 0.15) is 11.9 Å². The zero-order valence-electron chi connectivity index (χ0n) is 16.6. The van der Waals surface area contributed by atoms with Crippen molar-refractivity contribution < 1.29 is 23.6 Å². The number of hydrogen-bond acceptors (Lipinski definition) is 4. The lowest BCUT2D eigenvalue weighted by atomic mass is 9.51. The van der Waals surface area contributed by atoms with Gasteiger partial charge in [0.15, 0.2) is 0 Å². The molecule has 0 aromatic heterocycles. The summed E-state index contributed by atoms with van der Waals surface area (Å²) in [6, 6.07) is 2.30. The van der Waals surface area contributed by atoms with Gasteiger partial charge in [-0.1, -0.05) is 12.5 Å². The lowest BCUT2D eigenvalue weighted by molar-refractivity contribution is -0.137. The molecule has 0 bridgehead atoms. The molecule has 0 radical (unpaired) electrons. The van der Waals surface area contributed by atoms with Gasteiger partial charge in [0.05, 0.1) is 6.54 Å². The van der Waals surface area contributed by atoms with Crippen molar-refractivity contribution in [2.75, 3.05) is 0 Å². The number of imide groups is 1. The molecule has 2 saturated carbocycles. The number of piperidine rings is 1. The smallest absolute Gasteiger partial charge is 0.255 e. The Labute approximate surface area is 173 Å². The Kier molecular flexibility index (Phi) is 4.41. The molecule has 4 aliphatic rings. The predicted octanol–water partition coefficient (Wildman–Crippen LogP) is 1.78. The zero-order valence-corrected chi connectivity index (χ0v) is 16.6. The van der Waals surface area contributed by atoms with Gasteiger partial charge in [0, 0.05) is 35.6 Å². The minimum Gasteiger partial charge on any atom is -0.352 e. The summed E-state index contributed by atoms with van der Waals surface area (Å²) in [5, 5.41) is 5.07. The van der Waals surface area contributed by atoms with Crippen LogP contribution in [0.15, 0.2) is 12.1 Å². The third kappa shape index (κ3) is 3.00. The van der Waals surface area contributed by atoms with Crippen molar-refractivity contribution >= 4 is 23.6 Å². The van der Waals surface area contributed by atoms with Gasteiger partial charge in [0.2, 0.25) is 17.7 Å². The first kappa shape index (κ1) is 19.2. The average molecular weight is 413 g/mol. The number of benzene rings is 1. The molecule has 158 valence electrons. The van der Waals surface area contributed by atoms with Crippen molar-refractivity contribution in [1.29, 1.82) is 0 Å². The number of carbonyl (C=O) groups is 4. The summed E-state index contributed by atoms with van der Waals surface area (Å²) in [6.07, 6.45) is 5.93. The van der Waals surface area contributed by atoms with E-state index < -0.39 is 23.7 Å². The molecule has 2 aliphatic carbocycles. The molecule has 1 aromatic carbocycles. The van der Waals surface area contributed by atoms with Gasteiger partial charge in [-0.2, -0.15) is 0 Å². The molecule has 1 atom stereocenters. The molecule has 3 fully saturated rings. The number of hydrogen-bond donors (Lipinski definition) is 2. The van der Waals surface area contributed by atoms with Crippen LogP contribution in [0.5, 0.6) is 0 Å². The number of carbonyl (C=O) groups excluding carboxylic acids is 4.